The van der Waals surface area contributed by atoms with Gasteiger partial charge in [0.25, 0.3) is 0 Å². The molecule has 0 aliphatic rings. The Bertz CT molecular complexity index is 1280. The van der Waals surface area contributed by atoms with E-state index >= 15 is 0 Å². The largest absolute Gasteiger partial charge is 0.342 e. The van der Waals surface area contributed by atoms with Crippen LogP contribution in [0.5, 0.6) is 0 Å². The Balaban J connectivity index is 1.70. The van der Waals surface area contributed by atoms with Gasteiger partial charge in [0.15, 0.2) is 0 Å². The van der Waals surface area contributed by atoms with E-state index in [1.54, 1.807) is 0 Å². The topological polar surface area (TPSA) is 4.93 Å². The van der Waals surface area contributed by atoms with Crippen molar-refractivity contribution in [3.63, 3.8) is 0 Å². The Morgan fingerprint density at radius 3 is 1.97 bits per heavy atom. The molecule has 0 saturated carbocycles. The zero-order chi connectivity index (χ0) is 20.2. The first-order valence-electron chi connectivity index (χ1n) is 10.3. The van der Waals surface area contributed by atoms with Crippen molar-refractivity contribution in [2.24, 2.45) is 0 Å². The summed E-state index contributed by atoms with van der Waals surface area (Å²) in [6, 6.07) is 40.6. The van der Waals surface area contributed by atoms with Gasteiger partial charge in [-0.3, -0.25) is 0 Å². The number of aromatic nitrogens is 1. The number of para-hydroxylation sites is 1. The lowest BCUT2D eigenvalue weighted by Crippen LogP contribution is -1.97. The molecule has 5 aromatic rings. The lowest BCUT2D eigenvalue weighted by Gasteiger charge is -2.08. The molecule has 144 valence electrons. The lowest BCUT2D eigenvalue weighted by atomic mass is 9.95. The van der Waals surface area contributed by atoms with Gasteiger partial charge in [-0.1, -0.05) is 109 Å². The minimum absolute atomic E-state index is 0.856. The van der Waals surface area contributed by atoms with Gasteiger partial charge in [-0.2, -0.15) is 0 Å². The van der Waals surface area contributed by atoms with Crippen LogP contribution in [-0.2, 0) is 6.54 Å². The Kier molecular flexibility index (Phi) is 5.01. The van der Waals surface area contributed by atoms with E-state index in [1.807, 2.05) is 0 Å². The number of rotatable bonds is 5. The zero-order valence-electron chi connectivity index (χ0n) is 16.8. The summed E-state index contributed by atoms with van der Waals surface area (Å²) in [4.78, 5) is 0. The highest BCUT2D eigenvalue weighted by Crippen LogP contribution is 2.33. The first-order chi connectivity index (χ1) is 14.9. The van der Waals surface area contributed by atoms with E-state index in [-0.39, 0.29) is 0 Å². The molecule has 0 atom stereocenters. The normalized spacial score (nSPS) is 11.7. The van der Waals surface area contributed by atoms with Crippen molar-refractivity contribution in [1.29, 1.82) is 0 Å². The molecular formula is C29H23N. The van der Waals surface area contributed by atoms with E-state index in [1.165, 1.54) is 38.7 Å². The van der Waals surface area contributed by atoms with Crippen molar-refractivity contribution in [2.75, 3.05) is 0 Å². The fraction of sp³-hybridized carbons (Fsp3) is 0.0345. The van der Waals surface area contributed by atoms with Crippen molar-refractivity contribution in [3.8, 4) is 0 Å². The summed E-state index contributed by atoms with van der Waals surface area (Å²) in [6.07, 6.45) is 4.60. The summed E-state index contributed by atoms with van der Waals surface area (Å²) in [6.45, 7) is 0.856. The van der Waals surface area contributed by atoms with Gasteiger partial charge < -0.3 is 4.57 Å². The molecule has 4 aromatic carbocycles. The third-order valence-electron chi connectivity index (χ3n) is 5.47. The molecule has 0 spiro atoms. The summed E-state index contributed by atoms with van der Waals surface area (Å²) in [5.74, 6) is 0. The Morgan fingerprint density at radius 2 is 1.23 bits per heavy atom. The fourth-order valence-corrected chi connectivity index (χ4v) is 4.02. The van der Waals surface area contributed by atoms with Gasteiger partial charge in [0.2, 0.25) is 0 Å². The molecule has 0 N–H and O–H groups in total. The van der Waals surface area contributed by atoms with Crippen molar-refractivity contribution in [2.45, 2.75) is 6.54 Å². The van der Waals surface area contributed by atoms with Crippen LogP contribution in [0, 0.1) is 0 Å². The van der Waals surface area contributed by atoms with Gasteiger partial charge in [-0.25, -0.2) is 0 Å². The minimum atomic E-state index is 0.856. The van der Waals surface area contributed by atoms with E-state index < -0.39 is 0 Å². The first kappa shape index (κ1) is 18.2. The van der Waals surface area contributed by atoms with Crippen LogP contribution in [0.15, 0.2) is 121 Å². The summed E-state index contributed by atoms with van der Waals surface area (Å²) in [5, 5.41) is 1.28. The van der Waals surface area contributed by atoms with Crippen LogP contribution in [0.25, 0.3) is 22.6 Å². The van der Waals surface area contributed by atoms with E-state index in [9.17, 15) is 0 Å². The molecule has 1 heterocycles. The standard InChI is InChI=1S/C29H23N/c1-4-12-23(13-5-1)20-27(25-16-8-3-9-17-25)28-22-30(21-24-14-6-2-7-15-24)29-19-11-10-18-26(28)29/h1-20,22H,21H2. The Hall–Kier alpha value is -3.84. The highest BCUT2D eigenvalue weighted by Gasteiger charge is 2.14. The third kappa shape index (κ3) is 3.70. The Labute approximate surface area is 177 Å². The highest BCUT2D eigenvalue weighted by molar-refractivity contribution is 6.02. The van der Waals surface area contributed by atoms with Gasteiger partial charge in [-0.05, 0) is 34.4 Å². The molecule has 0 amide bonds. The fourth-order valence-electron chi connectivity index (χ4n) is 4.02. The van der Waals surface area contributed by atoms with Gasteiger partial charge >= 0.3 is 0 Å². The molecule has 0 aliphatic carbocycles. The molecule has 1 aromatic heterocycles. The number of fused-ring (bicyclic) bond motifs is 1. The third-order valence-corrected chi connectivity index (χ3v) is 5.47. The molecule has 0 aliphatic heterocycles. The molecule has 1 heteroatoms. The second kappa shape index (κ2) is 8.26. The molecule has 1 nitrogen and oxygen atoms in total. The number of hydrogen-bond donors (Lipinski definition) is 0. The second-order valence-electron chi connectivity index (χ2n) is 7.51. The monoisotopic (exact) mass is 385 g/mol. The van der Waals surface area contributed by atoms with Crippen molar-refractivity contribution in [3.05, 3.63) is 144 Å². The summed E-state index contributed by atoms with van der Waals surface area (Å²) in [5.41, 5.74) is 7.49. The van der Waals surface area contributed by atoms with E-state index in [0.29, 0.717) is 0 Å². The molecular weight excluding hydrogens is 362 g/mol. The van der Waals surface area contributed by atoms with Crippen molar-refractivity contribution in [1.82, 2.24) is 4.57 Å². The molecule has 5 rings (SSSR count). The molecule has 0 radical (unpaired) electrons. The van der Waals surface area contributed by atoms with Crippen LogP contribution in [0.3, 0.4) is 0 Å². The average molecular weight is 386 g/mol. The number of nitrogens with zero attached hydrogens (tertiary/aromatic N) is 1. The van der Waals surface area contributed by atoms with E-state index in [2.05, 4.69) is 132 Å². The smallest absolute Gasteiger partial charge is 0.0489 e. The van der Waals surface area contributed by atoms with Crippen LogP contribution in [-0.4, -0.2) is 4.57 Å². The van der Waals surface area contributed by atoms with Crippen LogP contribution in [0.1, 0.15) is 22.3 Å². The summed E-state index contributed by atoms with van der Waals surface area (Å²) in [7, 11) is 0. The summed E-state index contributed by atoms with van der Waals surface area (Å²) >= 11 is 0. The van der Waals surface area contributed by atoms with Crippen LogP contribution < -0.4 is 0 Å². The summed E-state index contributed by atoms with van der Waals surface area (Å²) < 4.78 is 2.36. The maximum absolute atomic E-state index is 2.36. The van der Waals surface area contributed by atoms with Gasteiger partial charge in [0.05, 0.1) is 0 Å². The quantitative estimate of drug-likeness (QED) is 0.280. The first-order valence-corrected chi connectivity index (χ1v) is 10.3. The molecule has 0 fully saturated rings. The van der Waals surface area contributed by atoms with Crippen LogP contribution in [0.2, 0.25) is 0 Å². The van der Waals surface area contributed by atoms with Crippen LogP contribution >= 0.6 is 0 Å². The molecule has 30 heavy (non-hydrogen) atoms. The van der Waals surface area contributed by atoms with Crippen molar-refractivity contribution >= 4 is 22.6 Å². The lowest BCUT2D eigenvalue weighted by molar-refractivity contribution is 0.836. The van der Waals surface area contributed by atoms with Crippen molar-refractivity contribution < 1.29 is 0 Å². The Morgan fingerprint density at radius 1 is 0.633 bits per heavy atom. The molecule has 0 unspecified atom stereocenters. The number of hydrogen-bond acceptors (Lipinski definition) is 0. The SMILES string of the molecule is C(=C(c1ccccc1)c1cn(Cc2ccccc2)c2ccccc12)c1ccccc1. The van der Waals surface area contributed by atoms with Gasteiger partial charge in [0.1, 0.15) is 0 Å². The zero-order valence-corrected chi connectivity index (χ0v) is 16.8. The van der Waals surface area contributed by atoms with E-state index in [4.69, 9.17) is 0 Å². The maximum atomic E-state index is 2.36. The maximum Gasteiger partial charge on any atom is 0.0489 e. The number of benzene rings is 4. The predicted molar refractivity (Wildman–Crippen MR) is 127 cm³/mol. The minimum Gasteiger partial charge on any atom is -0.342 e. The average Bonchev–Trinajstić information content (AvgIpc) is 3.18. The highest BCUT2D eigenvalue weighted by atomic mass is 15.0. The van der Waals surface area contributed by atoms with Crippen LogP contribution in [0.4, 0.5) is 0 Å². The molecule has 0 saturated heterocycles. The van der Waals surface area contributed by atoms with E-state index in [0.717, 1.165) is 6.54 Å². The van der Waals surface area contributed by atoms with Gasteiger partial charge in [-0.15, -0.1) is 0 Å². The van der Waals surface area contributed by atoms with Gasteiger partial charge in [0, 0.05) is 29.2 Å². The second-order valence-corrected chi connectivity index (χ2v) is 7.51. The molecule has 0 bridgehead atoms. The predicted octanol–water partition coefficient (Wildman–Crippen LogP) is 7.28.